The van der Waals surface area contributed by atoms with Crippen LogP contribution >= 0.6 is 0 Å². The van der Waals surface area contributed by atoms with E-state index in [1.807, 2.05) is 36.4 Å². The van der Waals surface area contributed by atoms with Crippen LogP contribution < -0.4 is 5.32 Å². The summed E-state index contributed by atoms with van der Waals surface area (Å²) in [6, 6.07) is 11.9. The molecule has 0 bridgehead atoms. The summed E-state index contributed by atoms with van der Waals surface area (Å²) in [5.41, 5.74) is 3.56. The fourth-order valence-electron chi connectivity index (χ4n) is 3.15. The van der Waals surface area contributed by atoms with E-state index in [9.17, 15) is 5.11 Å². The lowest BCUT2D eigenvalue weighted by Crippen LogP contribution is -2.15. The molecule has 3 nitrogen and oxygen atoms in total. The van der Waals surface area contributed by atoms with Gasteiger partial charge in [-0.15, -0.1) is 0 Å². The maximum absolute atomic E-state index is 9.57. The first-order chi connectivity index (χ1) is 11.7. The van der Waals surface area contributed by atoms with Gasteiger partial charge in [-0.3, -0.25) is 0 Å². The van der Waals surface area contributed by atoms with Gasteiger partial charge in [0.05, 0.1) is 12.6 Å². The molecular formula is C21H27NO2. The number of nitrogens with one attached hydrogen (secondary N) is 1. The van der Waals surface area contributed by atoms with Crippen molar-refractivity contribution in [1.29, 1.82) is 0 Å². The van der Waals surface area contributed by atoms with Crippen LogP contribution in [0.15, 0.2) is 52.5 Å². The maximum Gasteiger partial charge on any atom is 0.134 e. The van der Waals surface area contributed by atoms with Crippen LogP contribution in [0.2, 0.25) is 0 Å². The van der Waals surface area contributed by atoms with Crippen LogP contribution in [0, 0.1) is 0 Å². The summed E-state index contributed by atoms with van der Waals surface area (Å²) in [5, 5.41) is 13.0. The molecule has 1 heterocycles. The molecule has 24 heavy (non-hydrogen) atoms. The molecule has 1 aromatic carbocycles. The lowest BCUT2D eigenvalue weighted by atomic mass is 9.97. The summed E-state index contributed by atoms with van der Waals surface area (Å²) in [7, 11) is 0. The molecule has 3 rings (SSSR count). The van der Waals surface area contributed by atoms with Crippen molar-refractivity contribution in [3.05, 3.63) is 59.4 Å². The first-order valence-electron chi connectivity index (χ1n) is 8.98. The van der Waals surface area contributed by atoms with Gasteiger partial charge >= 0.3 is 0 Å². The molecule has 2 N–H and O–H groups in total. The summed E-state index contributed by atoms with van der Waals surface area (Å²) >= 11 is 0. The molecule has 1 unspecified atom stereocenters. The second kappa shape index (κ2) is 8.32. The molecule has 1 aromatic heterocycles. The van der Waals surface area contributed by atoms with Gasteiger partial charge < -0.3 is 14.8 Å². The number of hydrogen-bond donors (Lipinski definition) is 2. The summed E-state index contributed by atoms with van der Waals surface area (Å²) in [6.45, 7) is 3.54. The Labute approximate surface area is 144 Å². The van der Waals surface area contributed by atoms with Gasteiger partial charge in [-0.05, 0) is 63.3 Å². The van der Waals surface area contributed by atoms with Gasteiger partial charge in [-0.1, -0.05) is 35.9 Å². The number of benzene rings is 1. The SMILES string of the molecule is CC(O)c1ccc(-c2ccc(CNCCC3=CCCCC3)o2)cc1. The van der Waals surface area contributed by atoms with E-state index in [1.54, 1.807) is 12.5 Å². The Morgan fingerprint density at radius 2 is 1.96 bits per heavy atom. The van der Waals surface area contributed by atoms with Crippen molar-refractivity contribution in [3.8, 4) is 11.3 Å². The Morgan fingerprint density at radius 1 is 1.12 bits per heavy atom. The van der Waals surface area contributed by atoms with Crippen LogP contribution in [0.25, 0.3) is 11.3 Å². The fraction of sp³-hybridized carbons (Fsp3) is 0.429. The quantitative estimate of drug-likeness (QED) is 0.557. The Balaban J connectivity index is 1.49. The van der Waals surface area contributed by atoms with Crippen LogP contribution in [0.5, 0.6) is 0 Å². The van der Waals surface area contributed by atoms with Crippen LogP contribution in [-0.4, -0.2) is 11.7 Å². The maximum atomic E-state index is 9.57. The van der Waals surface area contributed by atoms with Gasteiger partial charge in [-0.25, -0.2) is 0 Å². The van der Waals surface area contributed by atoms with Crippen LogP contribution in [0.4, 0.5) is 0 Å². The molecule has 0 spiro atoms. The highest BCUT2D eigenvalue weighted by atomic mass is 16.3. The van der Waals surface area contributed by atoms with Crippen molar-refractivity contribution >= 4 is 0 Å². The Hall–Kier alpha value is -1.84. The van der Waals surface area contributed by atoms with E-state index < -0.39 is 6.10 Å². The zero-order chi connectivity index (χ0) is 16.8. The van der Waals surface area contributed by atoms with E-state index in [4.69, 9.17) is 4.42 Å². The predicted molar refractivity (Wildman–Crippen MR) is 97.7 cm³/mol. The van der Waals surface area contributed by atoms with Crippen molar-refractivity contribution in [2.75, 3.05) is 6.54 Å². The Morgan fingerprint density at radius 3 is 2.67 bits per heavy atom. The van der Waals surface area contributed by atoms with Crippen LogP contribution in [0.3, 0.4) is 0 Å². The molecule has 0 saturated heterocycles. The van der Waals surface area contributed by atoms with Gasteiger partial charge in [0.1, 0.15) is 11.5 Å². The Bertz CT molecular complexity index is 667. The van der Waals surface area contributed by atoms with Crippen molar-refractivity contribution in [1.82, 2.24) is 5.32 Å². The summed E-state index contributed by atoms with van der Waals surface area (Å²) < 4.78 is 5.92. The lowest BCUT2D eigenvalue weighted by Gasteiger charge is -2.12. The zero-order valence-corrected chi connectivity index (χ0v) is 14.4. The molecule has 0 fully saturated rings. The second-order valence-electron chi connectivity index (χ2n) is 6.60. The first-order valence-corrected chi connectivity index (χ1v) is 8.98. The van der Waals surface area contributed by atoms with Gasteiger partial charge in [0.2, 0.25) is 0 Å². The standard InChI is InChI=1S/C21H27NO2/c1-16(23)18-7-9-19(10-8-18)21-12-11-20(24-21)15-22-14-13-17-5-3-2-4-6-17/h5,7-12,16,22-23H,2-4,6,13-15H2,1H3. The molecule has 128 valence electrons. The van der Waals surface area contributed by atoms with Crippen molar-refractivity contribution in [2.24, 2.45) is 0 Å². The highest BCUT2D eigenvalue weighted by Crippen LogP contribution is 2.24. The highest BCUT2D eigenvalue weighted by molar-refractivity contribution is 5.58. The summed E-state index contributed by atoms with van der Waals surface area (Å²) in [6.07, 6.45) is 8.35. The molecule has 1 aliphatic rings. The van der Waals surface area contributed by atoms with E-state index in [2.05, 4.69) is 11.4 Å². The molecule has 0 saturated carbocycles. The largest absolute Gasteiger partial charge is 0.460 e. The molecule has 0 radical (unpaired) electrons. The monoisotopic (exact) mass is 325 g/mol. The number of aliphatic hydroxyl groups is 1. The van der Waals surface area contributed by atoms with Crippen LogP contribution in [-0.2, 0) is 6.54 Å². The van der Waals surface area contributed by atoms with E-state index >= 15 is 0 Å². The number of allylic oxidation sites excluding steroid dienone is 1. The minimum absolute atomic E-state index is 0.435. The summed E-state index contributed by atoms with van der Waals surface area (Å²) in [4.78, 5) is 0. The molecule has 1 aliphatic carbocycles. The molecular weight excluding hydrogens is 298 g/mol. The molecule has 2 aromatic rings. The van der Waals surface area contributed by atoms with Crippen molar-refractivity contribution in [2.45, 2.75) is 51.7 Å². The topological polar surface area (TPSA) is 45.4 Å². The molecule has 0 amide bonds. The number of hydrogen-bond acceptors (Lipinski definition) is 3. The number of aliphatic hydroxyl groups excluding tert-OH is 1. The van der Waals surface area contributed by atoms with E-state index in [-0.39, 0.29) is 0 Å². The van der Waals surface area contributed by atoms with Gasteiger partial charge in [0.25, 0.3) is 0 Å². The van der Waals surface area contributed by atoms with Gasteiger partial charge in [0.15, 0.2) is 0 Å². The summed E-state index contributed by atoms with van der Waals surface area (Å²) in [5.74, 6) is 1.83. The van der Waals surface area contributed by atoms with E-state index in [0.717, 1.165) is 42.2 Å². The van der Waals surface area contributed by atoms with E-state index in [0.29, 0.717) is 0 Å². The average molecular weight is 325 g/mol. The molecule has 1 atom stereocenters. The molecule has 0 aliphatic heterocycles. The number of rotatable bonds is 7. The third kappa shape index (κ3) is 4.59. The normalized spacial score (nSPS) is 16.0. The van der Waals surface area contributed by atoms with Gasteiger partial charge in [-0.2, -0.15) is 0 Å². The van der Waals surface area contributed by atoms with Crippen LogP contribution in [0.1, 0.15) is 56.5 Å². The smallest absolute Gasteiger partial charge is 0.134 e. The first kappa shape index (κ1) is 17.0. The van der Waals surface area contributed by atoms with Crippen molar-refractivity contribution < 1.29 is 9.52 Å². The highest BCUT2D eigenvalue weighted by Gasteiger charge is 2.07. The van der Waals surface area contributed by atoms with Gasteiger partial charge in [0, 0.05) is 5.56 Å². The minimum Gasteiger partial charge on any atom is -0.460 e. The third-order valence-electron chi connectivity index (χ3n) is 4.65. The molecule has 3 heteroatoms. The second-order valence-corrected chi connectivity index (χ2v) is 6.60. The number of furan rings is 1. The third-order valence-corrected chi connectivity index (χ3v) is 4.65. The fourth-order valence-corrected chi connectivity index (χ4v) is 3.15. The Kier molecular flexibility index (Phi) is 5.89. The average Bonchev–Trinajstić information content (AvgIpc) is 3.09. The predicted octanol–water partition coefficient (Wildman–Crippen LogP) is 4.98. The zero-order valence-electron chi connectivity index (χ0n) is 14.4. The lowest BCUT2D eigenvalue weighted by molar-refractivity contribution is 0.199. The van der Waals surface area contributed by atoms with E-state index in [1.165, 1.54) is 25.7 Å². The minimum atomic E-state index is -0.435. The van der Waals surface area contributed by atoms with Crippen molar-refractivity contribution in [3.63, 3.8) is 0 Å².